The molecule has 4 aromatic rings. The van der Waals surface area contributed by atoms with Gasteiger partial charge in [0, 0.05) is 0 Å². The molecule has 0 aliphatic rings. The number of hydrazone groups is 1. The second-order valence-corrected chi connectivity index (χ2v) is 7.92. The Hall–Kier alpha value is -3.55. The second kappa shape index (κ2) is 10.4. The SMILES string of the molecule is COc1cc(/C=N\NC(=O)Cn2cnc3ccccc32)ccc1OCc1ccc(Cl)c(Cl)c1. The summed E-state index contributed by atoms with van der Waals surface area (Å²) in [4.78, 5) is 16.5. The highest BCUT2D eigenvalue weighted by molar-refractivity contribution is 6.42. The Kier molecular flexibility index (Phi) is 7.12. The van der Waals surface area contributed by atoms with Crippen LogP contribution in [0.1, 0.15) is 11.1 Å². The van der Waals surface area contributed by atoms with E-state index in [0.717, 1.165) is 22.2 Å². The van der Waals surface area contributed by atoms with Gasteiger partial charge in [0.2, 0.25) is 0 Å². The minimum absolute atomic E-state index is 0.114. The van der Waals surface area contributed by atoms with E-state index < -0.39 is 0 Å². The summed E-state index contributed by atoms with van der Waals surface area (Å²) in [7, 11) is 1.56. The number of carbonyl (C=O) groups excluding carboxylic acids is 1. The molecule has 1 N–H and O–H groups in total. The van der Waals surface area contributed by atoms with E-state index in [4.69, 9.17) is 32.7 Å². The van der Waals surface area contributed by atoms with Crippen LogP contribution in [0.2, 0.25) is 10.0 Å². The quantitative estimate of drug-likeness (QED) is 0.280. The molecular weight excluding hydrogens is 463 g/mol. The number of fused-ring (bicyclic) bond motifs is 1. The monoisotopic (exact) mass is 482 g/mol. The Labute approximate surface area is 200 Å². The molecule has 3 aromatic carbocycles. The molecule has 1 aromatic heterocycles. The van der Waals surface area contributed by atoms with Gasteiger partial charge in [-0.1, -0.05) is 41.4 Å². The van der Waals surface area contributed by atoms with Crippen LogP contribution in [0, 0.1) is 0 Å². The fourth-order valence-electron chi connectivity index (χ4n) is 3.18. The highest BCUT2D eigenvalue weighted by Crippen LogP contribution is 2.29. The lowest BCUT2D eigenvalue weighted by atomic mass is 10.2. The lowest BCUT2D eigenvalue weighted by Gasteiger charge is -2.11. The fraction of sp³-hybridized carbons (Fsp3) is 0.125. The molecule has 0 bridgehead atoms. The standard InChI is InChI=1S/C24H20Cl2N4O3/c1-32-23-11-16(7-9-22(23)33-14-17-6-8-18(25)19(26)10-17)12-28-29-24(31)13-30-15-27-20-4-2-3-5-21(20)30/h2-12,15H,13-14H2,1H3,(H,29,31)/b28-12-. The van der Waals surface area contributed by atoms with Crippen molar-refractivity contribution in [3.63, 3.8) is 0 Å². The molecule has 4 rings (SSSR count). The van der Waals surface area contributed by atoms with Crippen molar-refractivity contribution < 1.29 is 14.3 Å². The summed E-state index contributed by atoms with van der Waals surface area (Å²) in [6.07, 6.45) is 3.17. The summed E-state index contributed by atoms with van der Waals surface area (Å²) < 4.78 is 13.0. The fourth-order valence-corrected chi connectivity index (χ4v) is 3.50. The summed E-state index contributed by atoms with van der Waals surface area (Å²) in [5.41, 5.74) is 5.87. The molecule has 0 aliphatic heterocycles. The number of benzene rings is 3. The number of nitrogens with one attached hydrogen (secondary N) is 1. The predicted molar refractivity (Wildman–Crippen MR) is 129 cm³/mol. The predicted octanol–water partition coefficient (Wildman–Crippen LogP) is 5.08. The Balaban J connectivity index is 1.35. The number of amides is 1. The van der Waals surface area contributed by atoms with Crippen LogP contribution in [0.4, 0.5) is 0 Å². The van der Waals surface area contributed by atoms with Gasteiger partial charge in [0.05, 0.1) is 40.7 Å². The van der Waals surface area contributed by atoms with Gasteiger partial charge in [-0.15, -0.1) is 0 Å². The molecule has 0 fully saturated rings. The molecule has 9 heteroatoms. The average Bonchev–Trinajstić information content (AvgIpc) is 3.23. The van der Waals surface area contributed by atoms with Crippen LogP contribution in [0.5, 0.6) is 11.5 Å². The van der Waals surface area contributed by atoms with E-state index in [0.29, 0.717) is 28.2 Å². The van der Waals surface area contributed by atoms with E-state index in [2.05, 4.69) is 15.5 Å². The van der Waals surface area contributed by atoms with Crippen LogP contribution in [-0.2, 0) is 17.9 Å². The van der Waals surface area contributed by atoms with Crippen LogP contribution < -0.4 is 14.9 Å². The zero-order valence-electron chi connectivity index (χ0n) is 17.7. The van der Waals surface area contributed by atoms with Gasteiger partial charge in [0.15, 0.2) is 11.5 Å². The van der Waals surface area contributed by atoms with Crippen molar-refractivity contribution in [3.05, 3.63) is 88.2 Å². The first-order valence-corrected chi connectivity index (χ1v) is 10.8. The molecule has 0 radical (unpaired) electrons. The second-order valence-electron chi connectivity index (χ2n) is 7.10. The van der Waals surface area contributed by atoms with Gasteiger partial charge in [-0.25, -0.2) is 10.4 Å². The lowest BCUT2D eigenvalue weighted by Crippen LogP contribution is -2.22. The van der Waals surface area contributed by atoms with Gasteiger partial charge in [0.1, 0.15) is 13.2 Å². The number of rotatable bonds is 8. The lowest BCUT2D eigenvalue weighted by molar-refractivity contribution is -0.121. The Bertz CT molecular complexity index is 1320. The molecule has 1 amide bonds. The maximum absolute atomic E-state index is 12.3. The average molecular weight is 483 g/mol. The number of ether oxygens (including phenoxy) is 2. The minimum atomic E-state index is -0.261. The van der Waals surface area contributed by atoms with Gasteiger partial charge < -0.3 is 14.0 Å². The van der Waals surface area contributed by atoms with Crippen molar-refractivity contribution in [2.24, 2.45) is 5.10 Å². The number of para-hydroxylation sites is 2. The van der Waals surface area contributed by atoms with Gasteiger partial charge >= 0.3 is 0 Å². The number of nitrogens with zero attached hydrogens (tertiary/aromatic N) is 3. The van der Waals surface area contributed by atoms with E-state index in [9.17, 15) is 4.79 Å². The molecule has 0 aliphatic carbocycles. The van der Waals surface area contributed by atoms with E-state index >= 15 is 0 Å². The molecular formula is C24H20Cl2N4O3. The van der Waals surface area contributed by atoms with Crippen LogP contribution in [0.3, 0.4) is 0 Å². The van der Waals surface area contributed by atoms with Crippen LogP contribution in [-0.4, -0.2) is 28.8 Å². The molecule has 0 saturated carbocycles. The van der Waals surface area contributed by atoms with Crippen molar-refractivity contribution in [2.45, 2.75) is 13.2 Å². The van der Waals surface area contributed by atoms with Crippen molar-refractivity contribution >= 4 is 46.4 Å². The summed E-state index contributed by atoms with van der Waals surface area (Å²) in [6, 6.07) is 18.3. The third-order valence-corrected chi connectivity index (χ3v) is 5.55. The number of hydrogen-bond acceptors (Lipinski definition) is 5. The van der Waals surface area contributed by atoms with Crippen LogP contribution in [0.15, 0.2) is 72.1 Å². The first-order valence-electron chi connectivity index (χ1n) is 10.00. The summed E-state index contributed by atoms with van der Waals surface area (Å²) in [5, 5.41) is 5.00. The van der Waals surface area contributed by atoms with Crippen molar-refractivity contribution in [3.8, 4) is 11.5 Å². The van der Waals surface area contributed by atoms with Gasteiger partial charge in [0.25, 0.3) is 5.91 Å². The summed E-state index contributed by atoms with van der Waals surface area (Å²) in [6.45, 7) is 0.419. The van der Waals surface area contributed by atoms with Gasteiger partial charge in [-0.3, -0.25) is 4.79 Å². The molecule has 0 saturated heterocycles. The first-order chi connectivity index (χ1) is 16.0. The Morgan fingerprint density at radius 3 is 2.76 bits per heavy atom. The maximum Gasteiger partial charge on any atom is 0.260 e. The molecule has 168 valence electrons. The van der Waals surface area contributed by atoms with E-state index in [1.165, 1.54) is 6.21 Å². The highest BCUT2D eigenvalue weighted by Gasteiger charge is 2.08. The normalized spacial score (nSPS) is 11.1. The Morgan fingerprint density at radius 2 is 1.94 bits per heavy atom. The number of methoxy groups -OCH3 is 1. The van der Waals surface area contributed by atoms with E-state index in [-0.39, 0.29) is 12.5 Å². The summed E-state index contributed by atoms with van der Waals surface area (Å²) >= 11 is 12.0. The number of halogens is 2. The number of imidazole rings is 1. The van der Waals surface area contributed by atoms with Crippen molar-refractivity contribution in [1.82, 2.24) is 15.0 Å². The van der Waals surface area contributed by atoms with Gasteiger partial charge in [-0.05, 0) is 53.6 Å². The molecule has 0 spiro atoms. The number of aromatic nitrogens is 2. The van der Waals surface area contributed by atoms with Crippen molar-refractivity contribution in [2.75, 3.05) is 7.11 Å². The molecule has 7 nitrogen and oxygen atoms in total. The highest BCUT2D eigenvalue weighted by atomic mass is 35.5. The van der Waals surface area contributed by atoms with Crippen LogP contribution in [0.25, 0.3) is 11.0 Å². The molecule has 1 heterocycles. The first kappa shape index (κ1) is 22.6. The molecule has 0 atom stereocenters. The topological polar surface area (TPSA) is 77.7 Å². The third kappa shape index (κ3) is 5.63. The largest absolute Gasteiger partial charge is 0.493 e. The summed E-state index contributed by atoms with van der Waals surface area (Å²) in [5.74, 6) is 0.843. The Morgan fingerprint density at radius 1 is 1.09 bits per heavy atom. The van der Waals surface area contributed by atoms with E-state index in [1.807, 2.05) is 36.4 Å². The smallest absolute Gasteiger partial charge is 0.260 e. The number of hydrogen-bond donors (Lipinski definition) is 1. The third-order valence-electron chi connectivity index (χ3n) is 4.81. The van der Waals surface area contributed by atoms with Crippen LogP contribution >= 0.6 is 23.2 Å². The molecule has 33 heavy (non-hydrogen) atoms. The minimum Gasteiger partial charge on any atom is -0.493 e. The zero-order chi connectivity index (χ0) is 23.2. The maximum atomic E-state index is 12.3. The molecule has 0 unspecified atom stereocenters. The zero-order valence-corrected chi connectivity index (χ0v) is 19.2. The van der Waals surface area contributed by atoms with Crippen molar-refractivity contribution in [1.29, 1.82) is 0 Å². The van der Waals surface area contributed by atoms with Gasteiger partial charge in [-0.2, -0.15) is 5.10 Å². The number of carbonyl (C=O) groups is 1. The van der Waals surface area contributed by atoms with E-state index in [1.54, 1.807) is 42.3 Å².